The van der Waals surface area contributed by atoms with Gasteiger partial charge in [0.15, 0.2) is 0 Å². The summed E-state index contributed by atoms with van der Waals surface area (Å²) in [6, 6.07) is 13.6. The Morgan fingerprint density at radius 3 is 2.55 bits per heavy atom. The normalized spacial score (nSPS) is 11.6. The van der Waals surface area contributed by atoms with Crippen LogP contribution in [0, 0.1) is 11.6 Å². The van der Waals surface area contributed by atoms with E-state index in [9.17, 15) is 22.0 Å². The highest BCUT2D eigenvalue weighted by Crippen LogP contribution is 2.32. The molecule has 6 nitrogen and oxygen atoms in total. The van der Waals surface area contributed by atoms with Crippen LogP contribution in [0.25, 0.3) is 22.0 Å². The molecule has 4 aromatic rings. The van der Waals surface area contributed by atoms with E-state index in [4.69, 9.17) is 9.84 Å². The summed E-state index contributed by atoms with van der Waals surface area (Å²) in [7, 11) is -2.64. The number of carboxylic acid groups (broad SMARTS) is 1. The Morgan fingerprint density at radius 2 is 1.85 bits per heavy atom. The molecule has 9 heteroatoms. The molecule has 0 aliphatic rings. The summed E-state index contributed by atoms with van der Waals surface area (Å²) in [5.74, 6) is -2.04. The summed E-state index contributed by atoms with van der Waals surface area (Å²) in [6.45, 7) is 0. The molecule has 1 heterocycles. The first-order valence-electron chi connectivity index (χ1n) is 9.91. The Labute approximate surface area is 188 Å². The summed E-state index contributed by atoms with van der Waals surface area (Å²) in [4.78, 5) is 11.0. The minimum absolute atomic E-state index is 0.0673. The van der Waals surface area contributed by atoms with Crippen molar-refractivity contribution < 1.29 is 31.8 Å². The molecule has 0 atom stereocenters. The third-order valence-corrected chi connectivity index (χ3v) is 6.97. The van der Waals surface area contributed by atoms with Gasteiger partial charge in [-0.15, -0.1) is 0 Å². The van der Waals surface area contributed by atoms with E-state index in [1.165, 1.54) is 43.6 Å². The third-order valence-electron chi connectivity index (χ3n) is 5.30. The van der Waals surface area contributed by atoms with E-state index in [1.54, 1.807) is 18.2 Å². The van der Waals surface area contributed by atoms with Gasteiger partial charge in [-0.3, -0.25) is 4.79 Å². The molecular formula is C24H19F2NO5S. The lowest BCUT2D eigenvalue weighted by atomic mass is 10.1. The van der Waals surface area contributed by atoms with Gasteiger partial charge in [-0.05, 0) is 60.0 Å². The second-order valence-corrected chi connectivity index (χ2v) is 9.20. The van der Waals surface area contributed by atoms with Crippen LogP contribution < -0.4 is 4.74 Å². The number of halogens is 2. The molecule has 0 bridgehead atoms. The third kappa shape index (κ3) is 4.31. The van der Waals surface area contributed by atoms with E-state index in [1.807, 2.05) is 0 Å². The molecule has 0 saturated heterocycles. The fourth-order valence-corrected chi connectivity index (χ4v) is 5.11. The van der Waals surface area contributed by atoms with Crippen molar-refractivity contribution in [1.29, 1.82) is 0 Å². The standard InChI is InChI=1S/C24H19F2NO5S/c1-32-18-7-9-23-21(13-18)16(5-10-24(28)29)14-27(23)33(30,31)19-4-2-3-15(11-19)20-8-6-17(25)12-22(20)26/h2-4,6-9,11-14H,5,10H2,1H3,(H,28,29). The number of hydrogen-bond acceptors (Lipinski definition) is 4. The van der Waals surface area contributed by atoms with Crippen LogP contribution in [0.15, 0.2) is 71.8 Å². The molecule has 0 amide bonds. The van der Waals surface area contributed by atoms with Gasteiger partial charge in [0.2, 0.25) is 0 Å². The number of fused-ring (bicyclic) bond motifs is 1. The molecule has 4 rings (SSSR count). The Hall–Kier alpha value is -3.72. The van der Waals surface area contributed by atoms with Gasteiger partial charge < -0.3 is 9.84 Å². The number of carboxylic acids is 1. The summed E-state index contributed by atoms with van der Waals surface area (Å²) in [6.07, 6.45) is 1.35. The van der Waals surface area contributed by atoms with Crippen molar-refractivity contribution in [3.05, 3.63) is 84.1 Å². The molecule has 33 heavy (non-hydrogen) atoms. The number of carbonyl (C=O) groups is 1. The zero-order valence-electron chi connectivity index (χ0n) is 17.5. The molecule has 170 valence electrons. The van der Waals surface area contributed by atoms with Gasteiger partial charge in [-0.25, -0.2) is 21.2 Å². The van der Waals surface area contributed by atoms with Crippen molar-refractivity contribution in [3.63, 3.8) is 0 Å². The number of aromatic nitrogens is 1. The lowest BCUT2D eigenvalue weighted by Crippen LogP contribution is -2.12. The van der Waals surface area contributed by atoms with E-state index >= 15 is 0 Å². The summed E-state index contributed by atoms with van der Waals surface area (Å²) >= 11 is 0. The zero-order chi connectivity index (χ0) is 23.8. The van der Waals surface area contributed by atoms with Crippen molar-refractivity contribution in [1.82, 2.24) is 3.97 Å². The van der Waals surface area contributed by atoms with Gasteiger partial charge in [-0.1, -0.05) is 12.1 Å². The molecule has 0 spiro atoms. The fourth-order valence-electron chi connectivity index (χ4n) is 3.67. The van der Waals surface area contributed by atoms with Crippen LogP contribution in [0.2, 0.25) is 0 Å². The lowest BCUT2D eigenvalue weighted by Gasteiger charge is -2.10. The molecule has 0 unspecified atom stereocenters. The van der Waals surface area contributed by atoms with Crippen LogP contribution in [0.3, 0.4) is 0 Å². The predicted molar refractivity (Wildman–Crippen MR) is 119 cm³/mol. The first kappa shape index (κ1) is 22.5. The van der Waals surface area contributed by atoms with Crippen LogP contribution >= 0.6 is 0 Å². The van der Waals surface area contributed by atoms with E-state index in [0.29, 0.717) is 22.2 Å². The van der Waals surface area contributed by atoms with E-state index in [-0.39, 0.29) is 28.9 Å². The van der Waals surface area contributed by atoms with Gasteiger partial charge in [0.1, 0.15) is 17.4 Å². The van der Waals surface area contributed by atoms with Gasteiger partial charge in [0.25, 0.3) is 10.0 Å². The van der Waals surface area contributed by atoms with Crippen molar-refractivity contribution in [2.45, 2.75) is 17.7 Å². The zero-order valence-corrected chi connectivity index (χ0v) is 18.3. The minimum atomic E-state index is -4.12. The van der Waals surface area contributed by atoms with Gasteiger partial charge in [0, 0.05) is 29.6 Å². The Balaban J connectivity index is 1.85. The predicted octanol–water partition coefficient (Wildman–Crippen LogP) is 4.85. The number of aryl methyl sites for hydroxylation is 1. The number of methoxy groups -OCH3 is 1. The smallest absolute Gasteiger partial charge is 0.303 e. The van der Waals surface area contributed by atoms with Crippen LogP contribution in [0.5, 0.6) is 5.75 Å². The van der Waals surface area contributed by atoms with E-state index in [0.717, 1.165) is 16.1 Å². The van der Waals surface area contributed by atoms with Crippen LogP contribution in [0.1, 0.15) is 12.0 Å². The second kappa shape index (κ2) is 8.67. The highest BCUT2D eigenvalue weighted by atomic mass is 32.2. The Morgan fingerprint density at radius 1 is 1.06 bits per heavy atom. The molecule has 0 radical (unpaired) electrons. The first-order valence-corrected chi connectivity index (χ1v) is 11.4. The van der Waals surface area contributed by atoms with Crippen molar-refractivity contribution in [2.24, 2.45) is 0 Å². The maximum Gasteiger partial charge on any atom is 0.303 e. The molecule has 0 aliphatic carbocycles. The van der Waals surface area contributed by atoms with Crippen LogP contribution in [-0.2, 0) is 21.2 Å². The molecule has 1 aromatic heterocycles. The molecule has 3 aromatic carbocycles. The SMILES string of the molecule is COc1ccc2c(c1)c(CCC(=O)O)cn2S(=O)(=O)c1cccc(-c2ccc(F)cc2F)c1. The Kier molecular flexibility index (Phi) is 5.90. The maximum atomic E-state index is 14.3. The van der Waals surface area contributed by atoms with Gasteiger partial charge in [0.05, 0.1) is 17.5 Å². The second-order valence-electron chi connectivity index (χ2n) is 7.38. The number of ether oxygens (including phenoxy) is 1. The number of rotatable bonds is 7. The van der Waals surface area contributed by atoms with Gasteiger partial charge in [-0.2, -0.15) is 0 Å². The molecule has 0 saturated carbocycles. The first-order chi connectivity index (χ1) is 15.7. The average Bonchev–Trinajstić information content (AvgIpc) is 3.16. The minimum Gasteiger partial charge on any atom is -0.497 e. The highest BCUT2D eigenvalue weighted by Gasteiger charge is 2.23. The molecule has 1 N–H and O–H groups in total. The van der Waals surface area contributed by atoms with Crippen molar-refractivity contribution in [3.8, 4) is 16.9 Å². The average molecular weight is 471 g/mol. The Bertz CT molecular complexity index is 1480. The molecular weight excluding hydrogens is 452 g/mol. The highest BCUT2D eigenvalue weighted by molar-refractivity contribution is 7.90. The number of aliphatic carboxylic acids is 1. The quantitative estimate of drug-likeness (QED) is 0.417. The summed E-state index contributed by atoms with van der Waals surface area (Å²) in [5.41, 5.74) is 1.24. The van der Waals surface area contributed by atoms with Crippen LogP contribution in [0.4, 0.5) is 8.78 Å². The lowest BCUT2D eigenvalue weighted by molar-refractivity contribution is -0.136. The fraction of sp³-hybridized carbons (Fsp3) is 0.125. The van der Waals surface area contributed by atoms with Gasteiger partial charge >= 0.3 is 5.97 Å². The maximum absolute atomic E-state index is 14.3. The van der Waals surface area contributed by atoms with Crippen molar-refractivity contribution >= 4 is 26.9 Å². The summed E-state index contributed by atoms with van der Waals surface area (Å²) in [5, 5.41) is 9.62. The van der Waals surface area contributed by atoms with E-state index < -0.39 is 27.6 Å². The topological polar surface area (TPSA) is 85.6 Å². The number of nitrogens with zero attached hydrogens (tertiary/aromatic N) is 1. The monoisotopic (exact) mass is 471 g/mol. The van der Waals surface area contributed by atoms with Crippen LogP contribution in [-0.4, -0.2) is 30.6 Å². The molecule has 0 fully saturated rings. The molecule has 0 aliphatic heterocycles. The largest absolute Gasteiger partial charge is 0.497 e. The number of hydrogen-bond donors (Lipinski definition) is 1. The summed E-state index contributed by atoms with van der Waals surface area (Å²) < 4.78 is 60.9. The van der Waals surface area contributed by atoms with Crippen molar-refractivity contribution in [2.75, 3.05) is 7.11 Å². The van der Waals surface area contributed by atoms with E-state index in [2.05, 4.69) is 0 Å². The number of benzene rings is 3.